The molecule has 2 heterocycles. The van der Waals surface area contributed by atoms with Crippen LogP contribution < -0.4 is 15.9 Å². The van der Waals surface area contributed by atoms with E-state index in [1.54, 1.807) is 0 Å². The van der Waals surface area contributed by atoms with Crippen molar-refractivity contribution in [1.29, 1.82) is 0 Å². The van der Waals surface area contributed by atoms with E-state index in [2.05, 4.69) is 65.0 Å². The molecule has 5 fully saturated rings. The number of benzene rings is 2. The smallest absolute Gasteiger partial charge is 0.147 e. The Hall–Kier alpha value is -1.95. The molecule has 5 aliphatic rings. The molecule has 5 heteroatoms. The molecule has 2 aromatic rings. The molecule has 34 heavy (non-hydrogen) atoms. The minimum Gasteiger partial charge on any atom is -0.405 e. The highest BCUT2D eigenvalue weighted by Gasteiger charge is 2.63. The zero-order valence-electron chi connectivity index (χ0n) is 20.0. The Morgan fingerprint density at radius 3 is 2.15 bits per heavy atom. The molecule has 2 aromatic carbocycles. The number of nitrogens with zero attached hydrogens (tertiary/aromatic N) is 1. The van der Waals surface area contributed by atoms with Crippen LogP contribution in [0.4, 0.5) is 0 Å². The van der Waals surface area contributed by atoms with Crippen LogP contribution in [0, 0.1) is 11.3 Å². The molecule has 0 aromatic heterocycles. The Labute approximate surface area is 209 Å². The number of thiocarbonyl (C=S) groups is 1. The fourth-order valence-corrected chi connectivity index (χ4v) is 8.14. The van der Waals surface area contributed by atoms with E-state index in [-0.39, 0.29) is 10.8 Å². The van der Waals surface area contributed by atoms with Crippen LogP contribution in [0.15, 0.2) is 60.7 Å². The van der Waals surface area contributed by atoms with Gasteiger partial charge in [-0.15, -0.1) is 5.06 Å². The third-order valence-corrected chi connectivity index (χ3v) is 9.79. The third kappa shape index (κ3) is 3.96. The van der Waals surface area contributed by atoms with Gasteiger partial charge in [0.25, 0.3) is 0 Å². The fourth-order valence-electron chi connectivity index (χ4n) is 7.74. The molecular weight excluding hydrogens is 438 g/mol. The molecule has 0 amide bonds. The van der Waals surface area contributed by atoms with Crippen LogP contribution >= 0.6 is 12.2 Å². The van der Waals surface area contributed by atoms with Gasteiger partial charge in [-0.1, -0.05) is 60.7 Å². The number of para-hydroxylation sites is 1. The topological polar surface area (TPSA) is 50.5 Å². The summed E-state index contributed by atoms with van der Waals surface area (Å²) >= 11 is 6.26. The second-order valence-corrected chi connectivity index (χ2v) is 11.8. The second kappa shape index (κ2) is 8.92. The fraction of sp³-hybridized carbons (Fsp3) is 0.552. The second-order valence-electron chi connectivity index (χ2n) is 11.4. The molecule has 2 atom stereocenters. The molecule has 2 unspecified atom stereocenters. The van der Waals surface area contributed by atoms with Gasteiger partial charge < -0.3 is 15.9 Å². The Kier molecular flexibility index (Phi) is 5.91. The van der Waals surface area contributed by atoms with Crippen molar-refractivity contribution in [2.75, 3.05) is 6.54 Å². The number of hydroxylamine groups is 2. The lowest BCUT2D eigenvalue weighted by atomic mass is 9.47. The summed E-state index contributed by atoms with van der Waals surface area (Å²) in [4.78, 5) is 7.65. The van der Waals surface area contributed by atoms with Gasteiger partial charge in [-0.3, -0.25) is 0 Å². The van der Waals surface area contributed by atoms with Crippen LogP contribution in [0.1, 0.15) is 63.4 Å². The molecule has 3 aliphatic carbocycles. The number of hydrogen-bond donors (Lipinski definition) is 2. The van der Waals surface area contributed by atoms with Gasteiger partial charge in [0, 0.05) is 23.5 Å². The predicted octanol–water partition coefficient (Wildman–Crippen LogP) is 5.37. The Balaban J connectivity index is 1.26. The van der Waals surface area contributed by atoms with Crippen molar-refractivity contribution in [2.24, 2.45) is 17.1 Å². The molecule has 7 rings (SSSR count). The van der Waals surface area contributed by atoms with Crippen molar-refractivity contribution in [2.45, 2.75) is 81.3 Å². The van der Waals surface area contributed by atoms with Gasteiger partial charge in [0.15, 0.2) is 0 Å². The summed E-state index contributed by atoms with van der Waals surface area (Å²) in [6.45, 7) is 0.821. The summed E-state index contributed by atoms with van der Waals surface area (Å²) in [6.07, 6.45) is 10.5. The minimum atomic E-state index is 0.0677. The van der Waals surface area contributed by atoms with E-state index < -0.39 is 0 Å². The minimum absolute atomic E-state index is 0.0677. The zero-order chi connectivity index (χ0) is 23.2. The van der Waals surface area contributed by atoms with Crippen LogP contribution in [-0.2, 0) is 5.41 Å². The monoisotopic (exact) mass is 475 g/mol. The van der Waals surface area contributed by atoms with Crippen LogP contribution in [0.3, 0.4) is 0 Å². The molecule has 2 aliphatic heterocycles. The van der Waals surface area contributed by atoms with Crippen molar-refractivity contribution in [3.05, 3.63) is 66.2 Å². The summed E-state index contributed by atoms with van der Waals surface area (Å²) in [5, 5.41) is 6.22. The maximum atomic E-state index is 6.53. The highest BCUT2D eigenvalue weighted by molar-refractivity contribution is 7.80. The Morgan fingerprint density at radius 2 is 1.53 bits per heavy atom. The summed E-state index contributed by atoms with van der Waals surface area (Å²) in [5.74, 6) is 1.63. The predicted molar refractivity (Wildman–Crippen MR) is 141 cm³/mol. The van der Waals surface area contributed by atoms with E-state index in [9.17, 15) is 0 Å². The van der Waals surface area contributed by atoms with Crippen LogP contribution in [0.25, 0.3) is 0 Å². The molecule has 4 bridgehead atoms. The Bertz CT molecular complexity index is 989. The lowest BCUT2D eigenvalue weighted by Gasteiger charge is -2.65. The SMILES string of the molecule is NC[C@H]1CC[C@H](NC(=S)C23CC4CC(c5ccccc5)(CC(C2)N4Oc2ccccc2)C3)CC1. The van der Waals surface area contributed by atoms with Crippen molar-refractivity contribution in [1.82, 2.24) is 10.4 Å². The Morgan fingerprint density at radius 1 is 0.912 bits per heavy atom. The first kappa shape index (κ1) is 22.5. The van der Waals surface area contributed by atoms with Crippen molar-refractivity contribution < 1.29 is 4.84 Å². The van der Waals surface area contributed by atoms with E-state index in [0.717, 1.165) is 43.0 Å². The first-order chi connectivity index (χ1) is 16.6. The summed E-state index contributed by atoms with van der Waals surface area (Å²) in [5.41, 5.74) is 7.67. The number of rotatable bonds is 6. The number of nitrogens with two attached hydrogens (primary N) is 1. The molecule has 0 spiro atoms. The van der Waals surface area contributed by atoms with E-state index in [0.29, 0.717) is 24.0 Å². The van der Waals surface area contributed by atoms with Crippen LogP contribution in [0.5, 0.6) is 5.75 Å². The summed E-state index contributed by atoms with van der Waals surface area (Å²) < 4.78 is 0. The van der Waals surface area contributed by atoms with Gasteiger partial charge in [-0.25, -0.2) is 0 Å². The molecule has 180 valence electrons. The summed E-state index contributed by atoms with van der Waals surface area (Å²) in [7, 11) is 0. The number of piperidine rings is 2. The van der Waals surface area contributed by atoms with E-state index in [1.165, 1.54) is 37.7 Å². The van der Waals surface area contributed by atoms with Gasteiger partial charge >= 0.3 is 0 Å². The zero-order valence-corrected chi connectivity index (χ0v) is 20.8. The first-order valence-electron chi connectivity index (χ1n) is 13.2. The van der Waals surface area contributed by atoms with Gasteiger partial charge in [-0.2, -0.15) is 0 Å². The van der Waals surface area contributed by atoms with Gasteiger partial charge in [0.05, 0.1) is 4.99 Å². The van der Waals surface area contributed by atoms with E-state index >= 15 is 0 Å². The molecule has 0 radical (unpaired) electrons. The average Bonchev–Trinajstić information content (AvgIpc) is 2.87. The average molecular weight is 476 g/mol. The highest BCUT2D eigenvalue weighted by Crippen LogP contribution is 2.62. The van der Waals surface area contributed by atoms with Gasteiger partial charge in [-0.05, 0) is 93.4 Å². The molecule has 3 N–H and O–H groups in total. The standard InChI is InChI=1S/C29H37N3OS/c30-19-21-11-13-23(14-12-21)31-27(34)29-17-24-15-28(20-29,22-7-3-1-4-8-22)16-25(18-29)32(24)33-26-9-5-2-6-10-26/h1-10,21,23-25H,11-20,30H2,(H,31,34)/t21-,23-,24?,25?,28?,29?. The number of hydrogen-bond acceptors (Lipinski definition) is 4. The lowest BCUT2D eigenvalue weighted by molar-refractivity contribution is -0.224. The van der Waals surface area contributed by atoms with Crippen molar-refractivity contribution in [3.63, 3.8) is 0 Å². The van der Waals surface area contributed by atoms with Crippen molar-refractivity contribution in [3.8, 4) is 5.75 Å². The molecule has 2 saturated heterocycles. The highest BCUT2D eigenvalue weighted by atomic mass is 32.1. The van der Waals surface area contributed by atoms with E-state index in [1.807, 2.05) is 6.07 Å². The third-order valence-electron chi connectivity index (χ3n) is 9.24. The maximum Gasteiger partial charge on any atom is 0.147 e. The normalized spacial score (nSPS) is 36.9. The number of nitrogens with one attached hydrogen (secondary N) is 1. The van der Waals surface area contributed by atoms with Gasteiger partial charge in [0.1, 0.15) is 5.75 Å². The molecule has 4 nitrogen and oxygen atoms in total. The van der Waals surface area contributed by atoms with Crippen LogP contribution in [-0.4, -0.2) is 34.7 Å². The largest absolute Gasteiger partial charge is 0.405 e. The quantitative estimate of drug-likeness (QED) is 0.550. The molecular formula is C29H37N3OS. The van der Waals surface area contributed by atoms with Gasteiger partial charge in [0.2, 0.25) is 0 Å². The summed E-state index contributed by atoms with van der Waals surface area (Å²) in [6, 6.07) is 22.8. The van der Waals surface area contributed by atoms with Crippen molar-refractivity contribution >= 4 is 17.2 Å². The maximum absolute atomic E-state index is 6.53. The van der Waals surface area contributed by atoms with Crippen LogP contribution in [0.2, 0.25) is 0 Å². The van der Waals surface area contributed by atoms with E-state index in [4.69, 9.17) is 22.8 Å². The molecule has 3 saturated carbocycles. The lowest BCUT2D eigenvalue weighted by Crippen LogP contribution is -2.70. The first-order valence-corrected chi connectivity index (χ1v) is 13.6.